The smallest absolute Gasteiger partial charge is 0.328 e. The minimum Gasteiger partial charge on any atom is -0.496 e. The maximum atomic E-state index is 13.5. The molecule has 1 N–H and O–H groups in total. The van der Waals surface area contributed by atoms with Crippen molar-refractivity contribution in [3.05, 3.63) is 90.0 Å². The molecule has 0 aliphatic rings. The van der Waals surface area contributed by atoms with Crippen LogP contribution < -0.4 is 10.1 Å². The molecule has 0 unspecified atom stereocenters. The Bertz CT molecular complexity index is 1210. The number of fused-ring (bicyclic) bond motifs is 2. The first-order valence-corrected chi connectivity index (χ1v) is 10.0. The molecule has 0 saturated carbocycles. The molecule has 156 valence electrons. The lowest BCUT2D eigenvalue weighted by atomic mass is 9.95. The van der Waals surface area contributed by atoms with Crippen molar-refractivity contribution in [1.82, 2.24) is 5.32 Å². The molecule has 0 aliphatic heterocycles. The largest absolute Gasteiger partial charge is 0.496 e. The number of benzene rings is 4. The van der Waals surface area contributed by atoms with E-state index in [1.54, 1.807) is 7.11 Å². The molecule has 5 nitrogen and oxygen atoms in total. The van der Waals surface area contributed by atoms with Crippen LogP contribution in [-0.2, 0) is 16.0 Å². The zero-order valence-electron chi connectivity index (χ0n) is 17.4. The number of hydrogen-bond donors (Lipinski definition) is 1. The summed E-state index contributed by atoms with van der Waals surface area (Å²) in [6.07, 6.45) is 0.255. The van der Waals surface area contributed by atoms with Crippen LogP contribution in [0.2, 0.25) is 0 Å². The van der Waals surface area contributed by atoms with Crippen molar-refractivity contribution in [2.24, 2.45) is 0 Å². The van der Waals surface area contributed by atoms with Crippen molar-refractivity contribution in [3.8, 4) is 5.75 Å². The van der Waals surface area contributed by atoms with Gasteiger partial charge in [0.2, 0.25) is 0 Å². The molecule has 0 bridgehead atoms. The average Bonchev–Trinajstić information content (AvgIpc) is 2.81. The van der Waals surface area contributed by atoms with E-state index < -0.39 is 12.0 Å². The Morgan fingerprint density at radius 3 is 2.03 bits per heavy atom. The van der Waals surface area contributed by atoms with E-state index in [0.717, 1.165) is 27.1 Å². The first-order chi connectivity index (χ1) is 15.1. The monoisotopic (exact) mass is 413 g/mol. The van der Waals surface area contributed by atoms with Crippen molar-refractivity contribution < 1.29 is 19.1 Å². The average molecular weight is 413 g/mol. The Labute approximate surface area is 180 Å². The van der Waals surface area contributed by atoms with Crippen molar-refractivity contribution in [1.29, 1.82) is 0 Å². The molecule has 1 amide bonds. The normalized spacial score (nSPS) is 11.8. The number of amides is 1. The lowest BCUT2D eigenvalue weighted by Crippen LogP contribution is -2.43. The Balaban J connectivity index is 1.75. The number of para-hydroxylation sites is 1. The molecule has 0 heterocycles. The number of carbonyl (C=O) groups is 2. The van der Waals surface area contributed by atoms with Crippen LogP contribution in [0, 0.1) is 0 Å². The predicted octanol–water partition coefficient (Wildman–Crippen LogP) is 4.52. The molecular weight excluding hydrogens is 390 g/mol. The summed E-state index contributed by atoms with van der Waals surface area (Å²) in [6.45, 7) is 0. The van der Waals surface area contributed by atoms with Gasteiger partial charge in [0, 0.05) is 6.42 Å². The Hall–Kier alpha value is -3.86. The summed E-state index contributed by atoms with van der Waals surface area (Å²) in [5.41, 5.74) is 1.35. The number of rotatable bonds is 6. The lowest BCUT2D eigenvalue weighted by Gasteiger charge is -2.19. The van der Waals surface area contributed by atoms with Gasteiger partial charge in [0.05, 0.1) is 19.8 Å². The second-order valence-electron chi connectivity index (χ2n) is 7.26. The van der Waals surface area contributed by atoms with Crippen LogP contribution in [0.1, 0.15) is 15.9 Å². The van der Waals surface area contributed by atoms with E-state index in [4.69, 9.17) is 9.47 Å². The van der Waals surface area contributed by atoms with E-state index in [9.17, 15) is 9.59 Å². The predicted molar refractivity (Wildman–Crippen MR) is 121 cm³/mol. The van der Waals surface area contributed by atoms with Gasteiger partial charge in [-0.1, -0.05) is 66.7 Å². The van der Waals surface area contributed by atoms with Crippen molar-refractivity contribution >= 4 is 33.4 Å². The summed E-state index contributed by atoms with van der Waals surface area (Å²) in [4.78, 5) is 26.0. The summed E-state index contributed by atoms with van der Waals surface area (Å²) in [7, 11) is 2.89. The Morgan fingerprint density at radius 1 is 0.839 bits per heavy atom. The summed E-state index contributed by atoms with van der Waals surface area (Å²) < 4.78 is 10.4. The van der Waals surface area contributed by atoms with Gasteiger partial charge in [0.25, 0.3) is 5.91 Å². The van der Waals surface area contributed by atoms with Crippen LogP contribution in [0.3, 0.4) is 0 Å². The Kier molecular flexibility index (Phi) is 5.85. The minimum absolute atomic E-state index is 0.255. The summed E-state index contributed by atoms with van der Waals surface area (Å²) >= 11 is 0. The topological polar surface area (TPSA) is 64.6 Å². The molecule has 0 spiro atoms. The quantitative estimate of drug-likeness (QED) is 0.373. The van der Waals surface area contributed by atoms with Gasteiger partial charge in [0.1, 0.15) is 11.8 Å². The zero-order chi connectivity index (χ0) is 21.8. The number of carbonyl (C=O) groups excluding carboxylic acids is 2. The number of nitrogens with one attached hydrogen (secondary N) is 1. The minimum atomic E-state index is -0.855. The van der Waals surface area contributed by atoms with E-state index in [0.29, 0.717) is 11.3 Å². The molecule has 0 aromatic heterocycles. The van der Waals surface area contributed by atoms with Gasteiger partial charge in [-0.15, -0.1) is 0 Å². The van der Waals surface area contributed by atoms with Crippen LogP contribution in [-0.4, -0.2) is 32.1 Å². The molecular formula is C26H23NO4. The summed E-state index contributed by atoms with van der Waals surface area (Å²) in [6, 6.07) is 24.1. The molecule has 31 heavy (non-hydrogen) atoms. The highest BCUT2D eigenvalue weighted by atomic mass is 16.5. The van der Waals surface area contributed by atoms with Crippen LogP contribution in [0.25, 0.3) is 21.5 Å². The third-order valence-corrected chi connectivity index (χ3v) is 5.41. The molecule has 5 heteroatoms. The summed E-state index contributed by atoms with van der Waals surface area (Å²) in [5, 5.41) is 6.49. The fourth-order valence-electron chi connectivity index (χ4n) is 3.92. The third kappa shape index (κ3) is 4.08. The molecule has 0 saturated heterocycles. The van der Waals surface area contributed by atoms with Crippen LogP contribution in [0.15, 0.2) is 78.9 Å². The molecule has 4 aromatic rings. The van der Waals surface area contributed by atoms with Gasteiger partial charge < -0.3 is 14.8 Å². The maximum Gasteiger partial charge on any atom is 0.328 e. The number of esters is 1. The fraction of sp³-hybridized carbons (Fsp3) is 0.154. The molecule has 4 aromatic carbocycles. The molecule has 0 radical (unpaired) electrons. The SMILES string of the molecule is COC(=O)[C@@H](Cc1ccccc1OC)NC(=O)c1c2ccccc2cc2ccccc12. The number of ether oxygens (including phenoxy) is 2. The zero-order valence-corrected chi connectivity index (χ0v) is 17.4. The van der Waals surface area contributed by atoms with E-state index in [-0.39, 0.29) is 12.3 Å². The standard InChI is InChI=1S/C26H23NO4/c1-30-23-14-8-5-11-19(23)16-22(26(29)31-2)27-25(28)24-20-12-6-3-9-17(20)15-18-10-4-7-13-21(18)24/h3-15,22H,16H2,1-2H3,(H,27,28)/t22-/m1/s1. The van der Waals surface area contributed by atoms with Crippen molar-refractivity contribution in [2.75, 3.05) is 14.2 Å². The van der Waals surface area contributed by atoms with Crippen LogP contribution >= 0.6 is 0 Å². The van der Waals surface area contributed by atoms with E-state index in [1.165, 1.54) is 7.11 Å². The number of hydrogen-bond acceptors (Lipinski definition) is 4. The van der Waals surface area contributed by atoms with E-state index in [1.807, 2.05) is 72.8 Å². The van der Waals surface area contributed by atoms with Gasteiger partial charge in [0.15, 0.2) is 0 Å². The second kappa shape index (κ2) is 8.88. The first-order valence-electron chi connectivity index (χ1n) is 10.0. The molecule has 0 aliphatic carbocycles. The Morgan fingerprint density at radius 2 is 1.42 bits per heavy atom. The first kappa shape index (κ1) is 20.4. The van der Waals surface area contributed by atoms with Crippen molar-refractivity contribution in [2.45, 2.75) is 12.5 Å². The van der Waals surface area contributed by atoms with E-state index in [2.05, 4.69) is 11.4 Å². The van der Waals surface area contributed by atoms with Crippen LogP contribution in [0.4, 0.5) is 0 Å². The second-order valence-corrected chi connectivity index (χ2v) is 7.26. The third-order valence-electron chi connectivity index (χ3n) is 5.41. The van der Waals surface area contributed by atoms with E-state index >= 15 is 0 Å². The maximum absolute atomic E-state index is 13.5. The summed E-state index contributed by atoms with van der Waals surface area (Å²) in [5.74, 6) is -0.177. The van der Waals surface area contributed by atoms with Crippen molar-refractivity contribution in [3.63, 3.8) is 0 Å². The van der Waals surface area contributed by atoms with Gasteiger partial charge in [-0.3, -0.25) is 4.79 Å². The van der Waals surface area contributed by atoms with Gasteiger partial charge in [-0.25, -0.2) is 4.79 Å². The highest BCUT2D eigenvalue weighted by molar-refractivity contribution is 6.18. The molecule has 0 fully saturated rings. The molecule has 4 rings (SSSR count). The number of methoxy groups -OCH3 is 2. The molecule has 1 atom stereocenters. The highest BCUT2D eigenvalue weighted by Crippen LogP contribution is 2.29. The van der Waals surface area contributed by atoms with Gasteiger partial charge in [-0.05, 0) is 39.2 Å². The van der Waals surface area contributed by atoms with Gasteiger partial charge >= 0.3 is 5.97 Å². The van der Waals surface area contributed by atoms with Crippen LogP contribution in [0.5, 0.6) is 5.75 Å². The lowest BCUT2D eigenvalue weighted by molar-refractivity contribution is -0.142. The fourth-order valence-corrected chi connectivity index (χ4v) is 3.92. The van der Waals surface area contributed by atoms with Gasteiger partial charge in [-0.2, -0.15) is 0 Å². The highest BCUT2D eigenvalue weighted by Gasteiger charge is 2.25.